The SMILES string of the molecule is O=C(O)c1ccc(-c2csc(-c3ccsc3)n2)cc1. The smallest absolute Gasteiger partial charge is 0.335 e. The van der Waals surface area contributed by atoms with Crippen molar-refractivity contribution in [3.8, 4) is 21.8 Å². The fourth-order valence-corrected chi connectivity index (χ4v) is 3.25. The Balaban J connectivity index is 1.92. The van der Waals surface area contributed by atoms with Gasteiger partial charge in [0.25, 0.3) is 0 Å². The third kappa shape index (κ3) is 2.43. The maximum Gasteiger partial charge on any atom is 0.335 e. The van der Waals surface area contributed by atoms with Gasteiger partial charge in [-0.1, -0.05) is 12.1 Å². The Hall–Kier alpha value is -1.98. The minimum Gasteiger partial charge on any atom is -0.478 e. The Morgan fingerprint density at radius 2 is 1.84 bits per heavy atom. The maximum atomic E-state index is 10.8. The van der Waals surface area contributed by atoms with Gasteiger partial charge in [-0.3, -0.25) is 0 Å². The molecule has 0 atom stereocenters. The molecule has 94 valence electrons. The fourth-order valence-electron chi connectivity index (χ4n) is 1.71. The van der Waals surface area contributed by atoms with Crippen LogP contribution >= 0.6 is 22.7 Å². The molecular weight excluding hydrogens is 278 g/mol. The minimum atomic E-state index is -0.913. The monoisotopic (exact) mass is 287 g/mol. The van der Waals surface area contributed by atoms with Crippen molar-refractivity contribution in [1.82, 2.24) is 4.98 Å². The second-order valence-electron chi connectivity index (χ2n) is 3.93. The lowest BCUT2D eigenvalue weighted by Crippen LogP contribution is -1.94. The highest BCUT2D eigenvalue weighted by Gasteiger charge is 2.08. The van der Waals surface area contributed by atoms with Crippen molar-refractivity contribution < 1.29 is 9.90 Å². The van der Waals surface area contributed by atoms with Crippen LogP contribution in [0, 0.1) is 0 Å². The first-order valence-corrected chi connectivity index (χ1v) is 7.38. The summed E-state index contributed by atoms with van der Waals surface area (Å²) in [5, 5.41) is 15.9. The average Bonchev–Trinajstić information content (AvgIpc) is 3.10. The Morgan fingerprint density at radius 1 is 1.05 bits per heavy atom. The van der Waals surface area contributed by atoms with Gasteiger partial charge in [0, 0.05) is 21.9 Å². The molecule has 0 amide bonds. The summed E-state index contributed by atoms with van der Waals surface area (Å²) < 4.78 is 0. The van der Waals surface area contributed by atoms with Crippen LogP contribution in [-0.4, -0.2) is 16.1 Å². The zero-order valence-corrected chi connectivity index (χ0v) is 11.4. The van der Waals surface area contributed by atoms with E-state index in [-0.39, 0.29) is 5.56 Å². The molecule has 3 aromatic rings. The first-order chi connectivity index (χ1) is 9.24. The second-order valence-corrected chi connectivity index (χ2v) is 5.57. The number of rotatable bonds is 3. The fraction of sp³-hybridized carbons (Fsp3) is 0. The van der Waals surface area contributed by atoms with Gasteiger partial charge in [-0.2, -0.15) is 11.3 Å². The van der Waals surface area contributed by atoms with E-state index in [9.17, 15) is 4.79 Å². The lowest BCUT2D eigenvalue weighted by Gasteiger charge is -1.97. The minimum absolute atomic E-state index is 0.289. The number of nitrogens with zero attached hydrogens (tertiary/aromatic N) is 1. The Labute approximate surface area is 117 Å². The number of aromatic carboxylic acids is 1. The van der Waals surface area contributed by atoms with Crippen LogP contribution in [-0.2, 0) is 0 Å². The number of aromatic nitrogens is 1. The summed E-state index contributed by atoms with van der Waals surface area (Å²) >= 11 is 3.24. The highest BCUT2D eigenvalue weighted by Crippen LogP contribution is 2.30. The summed E-state index contributed by atoms with van der Waals surface area (Å²) in [4.78, 5) is 15.4. The Kier molecular flexibility index (Phi) is 3.15. The van der Waals surface area contributed by atoms with E-state index in [4.69, 9.17) is 5.11 Å². The summed E-state index contributed by atoms with van der Waals surface area (Å²) in [5.41, 5.74) is 3.23. The van der Waals surface area contributed by atoms with E-state index in [0.29, 0.717) is 0 Å². The zero-order valence-electron chi connectivity index (χ0n) is 9.74. The summed E-state index contributed by atoms with van der Waals surface area (Å²) in [7, 11) is 0. The molecule has 0 unspecified atom stereocenters. The largest absolute Gasteiger partial charge is 0.478 e. The summed E-state index contributed by atoms with van der Waals surface area (Å²) in [6, 6.07) is 8.81. The molecule has 0 aliphatic carbocycles. The molecule has 0 bridgehead atoms. The maximum absolute atomic E-state index is 10.8. The van der Waals surface area contributed by atoms with E-state index in [1.54, 1.807) is 46.9 Å². The summed E-state index contributed by atoms with van der Waals surface area (Å²) in [6.45, 7) is 0. The second kappa shape index (κ2) is 4.95. The van der Waals surface area contributed by atoms with E-state index in [1.807, 2.05) is 16.8 Å². The van der Waals surface area contributed by atoms with Gasteiger partial charge in [0.2, 0.25) is 0 Å². The van der Waals surface area contributed by atoms with E-state index < -0.39 is 5.97 Å². The van der Waals surface area contributed by atoms with Crippen LogP contribution < -0.4 is 0 Å². The van der Waals surface area contributed by atoms with Crippen molar-refractivity contribution in [3.63, 3.8) is 0 Å². The van der Waals surface area contributed by atoms with Crippen LogP contribution in [0.15, 0.2) is 46.5 Å². The Morgan fingerprint density at radius 3 is 2.47 bits per heavy atom. The summed E-state index contributed by atoms with van der Waals surface area (Å²) in [5.74, 6) is -0.913. The molecule has 3 nitrogen and oxygen atoms in total. The highest BCUT2D eigenvalue weighted by atomic mass is 32.1. The van der Waals surface area contributed by atoms with Crippen molar-refractivity contribution in [2.75, 3.05) is 0 Å². The van der Waals surface area contributed by atoms with E-state index >= 15 is 0 Å². The molecule has 0 fully saturated rings. The number of carbonyl (C=O) groups is 1. The lowest BCUT2D eigenvalue weighted by molar-refractivity contribution is 0.0697. The number of thiophene rings is 1. The molecular formula is C14H9NO2S2. The van der Waals surface area contributed by atoms with Gasteiger partial charge in [0.15, 0.2) is 0 Å². The standard InChI is InChI=1S/C14H9NO2S2/c16-14(17)10-3-1-9(2-4-10)12-8-19-13(15-12)11-5-6-18-7-11/h1-8H,(H,16,17). The first kappa shape index (κ1) is 12.1. The molecule has 0 aliphatic heterocycles. The molecule has 0 radical (unpaired) electrons. The van der Waals surface area contributed by atoms with E-state index in [2.05, 4.69) is 10.4 Å². The van der Waals surface area contributed by atoms with Gasteiger partial charge in [-0.25, -0.2) is 9.78 Å². The number of carboxylic acid groups (broad SMARTS) is 1. The first-order valence-electron chi connectivity index (χ1n) is 5.56. The van der Waals surface area contributed by atoms with Crippen LogP contribution in [0.2, 0.25) is 0 Å². The molecule has 0 aliphatic rings. The summed E-state index contributed by atoms with van der Waals surface area (Å²) in [6.07, 6.45) is 0. The van der Waals surface area contributed by atoms with Gasteiger partial charge in [-0.05, 0) is 23.6 Å². The number of benzene rings is 1. The van der Waals surface area contributed by atoms with Gasteiger partial charge in [0.1, 0.15) is 5.01 Å². The van der Waals surface area contributed by atoms with Crippen molar-refractivity contribution in [1.29, 1.82) is 0 Å². The van der Waals surface area contributed by atoms with Crippen LogP contribution in [0.3, 0.4) is 0 Å². The van der Waals surface area contributed by atoms with Gasteiger partial charge >= 0.3 is 5.97 Å². The van der Waals surface area contributed by atoms with Crippen LogP contribution in [0.1, 0.15) is 10.4 Å². The average molecular weight is 287 g/mol. The van der Waals surface area contributed by atoms with Crippen molar-refractivity contribution in [2.24, 2.45) is 0 Å². The zero-order chi connectivity index (χ0) is 13.2. The van der Waals surface area contributed by atoms with Crippen LogP contribution in [0.4, 0.5) is 0 Å². The van der Waals surface area contributed by atoms with Crippen LogP contribution in [0.5, 0.6) is 0 Å². The molecule has 2 aromatic heterocycles. The predicted molar refractivity (Wildman–Crippen MR) is 77.8 cm³/mol. The molecule has 0 spiro atoms. The number of carboxylic acids is 1. The molecule has 3 rings (SSSR count). The third-order valence-corrected chi connectivity index (χ3v) is 4.27. The Bertz CT molecular complexity index is 699. The number of hydrogen-bond acceptors (Lipinski definition) is 4. The van der Waals surface area contributed by atoms with Crippen molar-refractivity contribution in [3.05, 3.63) is 52.0 Å². The molecule has 0 saturated carbocycles. The topological polar surface area (TPSA) is 50.2 Å². The van der Waals surface area contributed by atoms with Gasteiger partial charge < -0.3 is 5.11 Å². The third-order valence-electron chi connectivity index (χ3n) is 2.70. The van der Waals surface area contributed by atoms with Crippen molar-refractivity contribution >= 4 is 28.6 Å². The normalized spacial score (nSPS) is 10.5. The molecule has 19 heavy (non-hydrogen) atoms. The van der Waals surface area contributed by atoms with Gasteiger partial charge in [-0.15, -0.1) is 11.3 Å². The number of thiazole rings is 1. The van der Waals surface area contributed by atoms with Crippen LogP contribution in [0.25, 0.3) is 21.8 Å². The van der Waals surface area contributed by atoms with Crippen molar-refractivity contribution in [2.45, 2.75) is 0 Å². The predicted octanol–water partition coefficient (Wildman–Crippen LogP) is 4.24. The molecule has 1 aromatic carbocycles. The molecule has 0 saturated heterocycles. The van der Waals surface area contributed by atoms with E-state index in [0.717, 1.165) is 21.8 Å². The quantitative estimate of drug-likeness (QED) is 0.784. The van der Waals surface area contributed by atoms with Gasteiger partial charge in [0.05, 0.1) is 11.3 Å². The van der Waals surface area contributed by atoms with E-state index in [1.165, 1.54) is 0 Å². The number of hydrogen-bond donors (Lipinski definition) is 1. The lowest BCUT2D eigenvalue weighted by atomic mass is 10.1. The molecule has 5 heteroatoms. The molecule has 2 heterocycles. The molecule has 1 N–H and O–H groups in total. The highest BCUT2D eigenvalue weighted by molar-refractivity contribution is 7.14.